The van der Waals surface area contributed by atoms with Crippen LogP contribution in [0.2, 0.25) is 0 Å². The van der Waals surface area contributed by atoms with Gasteiger partial charge in [-0.3, -0.25) is 0 Å². The number of nitrogens with zero attached hydrogens (tertiary/aromatic N) is 1. The van der Waals surface area contributed by atoms with Crippen molar-refractivity contribution in [3.8, 4) is 0 Å². The summed E-state index contributed by atoms with van der Waals surface area (Å²) in [5.41, 5.74) is 0. The fourth-order valence-corrected chi connectivity index (χ4v) is 1.39. The molecule has 0 radical (unpaired) electrons. The Bertz CT molecular complexity index is 288. The molecule has 0 heterocycles. The van der Waals surface area contributed by atoms with E-state index in [1.807, 2.05) is 0 Å². The summed E-state index contributed by atoms with van der Waals surface area (Å²) in [5, 5.41) is 18.8. The van der Waals surface area contributed by atoms with E-state index in [-0.39, 0.29) is 6.61 Å². The fraction of sp³-hybridized carbons (Fsp3) is 0.909. The first kappa shape index (κ1) is 21.8. The predicted octanol–water partition coefficient (Wildman–Crippen LogP) is 1.43. The lowest BCUT2D eigenvalue weighted by Gasteiger charge is -2.36. The normalized spacial score (nSPS) is 13.0. The van der Waals surface area contributed by atoms with Crippen LogP contribution in [-0.2, 0) is 4.79 Å². The van der Waals surface area contributed by atoms with Crippen molar-refractivity contribution in [1.29, 1.82) is 0 Å². The molecule has 0 aromatic heterocycles. The Morgan fingerprint density at radius 2 is 1.58 bits per heavy atom. The van der Waals surface area contributed by atoms with Crippen molar-refractivity contribution in [2.75, 3.05) is 34.3 Å². The zero-order valence-corrected chi connectivity index (χ0v) is 14.7. The van der Waals surface area contributed by atoms with Crippen LogP contribution in [0.4, 0.5) is 0 Å². The maximum Gasteiger partial charge on any atom is 0.190 e. The van der Waals surface area contributed by atoms with E-state index in [0.717, 1.165) is 11.0 Å². The van der Waals surface area contributed by atoms with Gasteiger partial charge in [-0.15, -0.1) is 0 Å². The topological polar surface area (TPSA) is 60.4 Å². The number of carbonyl (C=O) groups is 1. The number of alkyl halides is 4. The zero-order chi connectivity index (χ0) is 16.1. The van der Waals surface area contributed by atoms with Crippen LogP contribution >= 0.6 is 46.4 Å². The van der Waals surface area contributed by atoms with E-state index in [9.17, 15) is 9.90 Å². The highest BCUT2D eigenvalue weighted by Gasteiger charge is 2.50. The van der Waals surface area contributed by atoms with Gasteiger partial charge in [-0.2, -0.15) is 0 Å². The lowest BCUT2D eigenvalue weighted by atomic mass is 10.1. The number of aliphatic hydroxyl groups excluding tert-OH is 1. The first-order valence-corrected chi connectivity index (χ1v) is 7.09. The number of hydrogen-bond acceptors (Lipinski definition) is 3. The summed E-state index contributed by atoms with van der Waals surface area (Å²) in [7, 11) is 6.16. The van der Waals surface area contributed by atoms with Crippen molar-refractivity contribution < 1.29 is 19.5 Å². The van der Waals surface area contributed by atoms with E-state index >= 15 is 0 Å². The molecule has 0 bridgehead atoms. The summed E-state index contributed by atoms with van der Waals surface area (Å²) in [4.78, 5) is 10.4. The standard InChI is InChI=1S/C6H8Cl4O2.C5H14NO/c1-3(2)5(7,8)6(9,10)4(11)12;1-6(2,3)4-5-7/h3H,1-2H3,(H,11,12);7H,4-5H2,1-3H3/q;+1/p-1. The summed E-state index contributed by atoms with van der Waals surface area (Å²) >= 11 is 22.1. The lowest BCUT2D eigenvalue weighted by Crippen LogP contribution is -2.53. The maximum atomic E-state index is 10.4. The highest BCUT2D eigenvalue weighted by molar-refractivity contribution is 6.68. The van der Waals surface area contributed by atoms with Gasteiger partial charge in [0, 0.05) is 0 Å². The number of carbonyl (C=O) groups excluding carboxylic acids is 1. The molecule has 0 aliphatic heterocycles. The number of quaternary nitrogens is 1. The number of aliphatic carboxylic acids is 1. The molecule has 8 heteroatoms. The highest BCUT2D eigenvalue weighted by Crippen LogP contribution is 2.47. The Labute approximate surface area is 134 Å². The first-order valence-electron chi connectivity index (χ1n) is 5.58. The van der Waals surface area contributed by atoms with Gasteiger partial charge in [-0.05, 0) is 5.92 Å². The fourth-order valence-electron chi connectivity index (χ4n) is 0.799. The van der Waals surface area contributed by atoms with Gasteiger partial charge in [0.15, 0.2) is 8.67 Å². The van der Waals surface area contributed by atoms with Crippen LogP contribution in [0.5, 0.6) is 0 Å². The molecule has 0 aliphatic carbocycles. The van der Waals surface area contributed by atoms with E-state index in [1.165, 1.54) is 0 Å². The van der Waals surface area contributed by atoms with Gasteiger partial charge >= 0.3 is 0 Å². The van der Waals surface area contributed by atoms with Gasteiger partial charge in [0.1, 0.15) is 6.54 Å². The van der Waals surface area contributed by atoms with E-state index in [0.29, 0.717) is 0 Å². The Morgan fingerprint density at radius 3 is 1.63 bits per heavy atom. The molecule has 0 aromatic carbocycles. The Balaban J connectivity index is 0. The third-order valence-electron chi connectivity index (χ3n) is 2.17. The summed E-state index contributed by atoms with van der Waals surface area (Å²) in [6, 6.07) is 0. The van der Waals surface area contributed by atoms with Crippen molar-refractivity contribution in [1.82, 2.24) is 0 Å². The third kappa shape index (κ3) is 7.78. The summed E-state index contributed by atoms with van der Waals surface area (Å²) in [6.45, 7) is 4.31. The molecule has 0 atom stereocenters. The molecular weight excluding hydrogens is 336 g/mol. The lowest BCUT2D eigenvalue weighted by molar-refractivity contribution is -0.870. The van der Waals surface area contributed by atoms with Crippen LogP contribution in [0.15, 0.2) is 0 Å². The van der Waals surface area contributed by atoms with Crippen LogP contribution in [0.25, 0.3) is 0 Å². The van der Waals surface area contributed by atoms with E-state index in [2.05, 4.69) is 21.1 Å². The molecule has 0 saturated heterocycles. The minimum Gasteiger partial charge on any atom is -0.547 e. The molecule has 0 fully saturated rings. The molecule has 0 aliphatic rings. The average Bonchev–Trinajstić information content (AvgIpc) is 2.15. The second-order valence-corrected chi connectivity index (χ2v) is 8.09. The van der Waals surface area contributed by atoms with Crippen molar-refractivity contribution in [3.63, 3.8) is 0 Å². The number of carboxylic acids is 1. The summed E-state index contributed by atoms with van der Waals surface area (Å²) in [5.74, 6) is -2.11. The number of hydrogen-bond donors (Lipinski definition) is 1. The van der Waals surface area contributed by atoms with Gasteiger partial charge in [0.25, 0.3) is 0 Å². The Hall–Kier alpha value is 0.550. The predicted molar refractivity (Wildman–Crippen MR) is 78.7 cm³/mol. The highest BCUT2D eigenvalue weighted by atomic mass is 35.5. The van der Waals surface area contributed by atoms with Crippen LogP contribution < -0.4 is 5.11 Å². The molecule has 0 rings (SSSR count). The summed E-state index contributed by atoms with van der Waals surface area (Å²) < 4.78 is -3.23. The van der Waals surface area contributed by atoms with Crippen molar-refractivity contribution in [3.05, 3.63) is 0 Å². The number of likely N-dealkylation sites (N-methyl/N-ethyl adjacent to an activating group) is 1. The molecule has 1 N–H and O–H groups in total. The molecule has 0 spiro atoms. The zero-order valence-electron chi connectivity index (χ0n) is 11.7. The van der Waals surface area contributed by atoms with Gasteiger partial charge < -0.3 is 19.5 Å². The number of aliphatic hydroxyl groups is 1. The number of rotatable bonds is 5. The first-order chi connectivity index (χ1) is 8.20. The molecular formula is C11H21Cl4NO3. The maximum absolute atomic E-state index is 10.4. The smallest absolute Gasteiger partial charge is 0.190 e. The molecule has 0 aromatic rings. The minimum atomic E-state index is -2.30. The van der Waals surface area contributed by atoms with Gasteiger partial charge in [-0.25, -0.2) is 0 Å². The Morgan fingerprint density at radius 1 is 1.21 bits per heavy atom. The largest absolute Gasteiger partial charge is 0.547 e. The molecule has 116 valence electrons. The van der Waals surface area contributed by atoms with Crippen LogP contribution in [-0.4, -0.2) is 58.5 Å². The molecule has 0 unspecified atom stereocenters. The van der Waals surface area contributed by atoms with Gasteiger partial charge in [0.05, 0.1) is 33.7 Å². The van der Waals surface area contributed by atoms with Crippen LogP contribution in [0, 0.1) is 5.92 Å². The number of carboxylic acid groups (broad SMARTS) is 1. The quantitative estimate of drug-likeness (QED) is 0.598. The number of halogens is 4. The van der Waals surface area contributed by atoms with Crippen LogP contribution in [0.3, 0.4) is 0 Å². The Kier molecular flexibility index (Phi) is 9.32. The molecule has 0 amide bonds. The van der Waals surface area contributed by atoms with E-state index in [1.54, 1.807) is 13.8 Å². The second kappa shape index (κ2) is 8.11. The van der Waals surface area contributed by atoms with Gasteiger partial charge in [-0.1, -0.05) is 60.3 Å². The molecule has 0 saturated carbocycles. The molecule has 4 nitrogen and oxygen atoms in total. The SMILES string of the molecule is CC(C)C(Cl)(Cl)C(Cl)(Cl)C(=O)[O-].C[N+](C)(C)CCO. The molecule has 19 heavy (non-hydrogen) atoms. The summed E-state index contributed by atoms with van der Waals surface area (Å²) in [6.07, 6.45) is 0. The third-order valence-corrected chi connectivity index (χ3v) is 4.90. The minimum absolute atomic E-state index is 0.281. The second-order valence-electron chi connectivity index (χ2n) is 5.38. The van der Waals surface area contributed by atoms with Crippen molar-refractivity contribution in [2.45, 2.75) is 22.5 Å². The van der Waals surface area contributed by atoms with Crippen molar-refractivity contribution >= 4 is 52.4 Å². The van der Waals surface area contributed by atoms with Crippen LogP contribution in [0.1, 0.15) is 13.8 Å². The van der Waals surface area contributed by atoms with E-state index < -0.39 is 20.6 Å². The van der Waals surface area contributed by atoms with Crippen molar-refractivity contribution in [2.24, 2.45) is 5.92 Å². The van der Waals surface area contributed by atoms with E-state index in [4.69, 9.17) is 51.5 Å². The monoisotopic (exact) mass is 355 g/mol. The average molecular weight is 357 g/mol. The van der Waals surface area contributed by atoms with Gasteiger partial charge in [0.2, 0.25) is 0 Å².